The SMILES string of the molecule is CCC1CC(O)C(O)C(C)O1. The summed E-state index contributed by atoms with van der Waals surface area (Å²) in [6.07, 6.45) is 0.0180. The molecule has 1 heterocycles. The van der Waals surface area contributed by atoms with E-state index in [-0.39, 0.29) is 12.2 Å². The molecule has 3 heteroatoms. The Labute approximate surface area is 67.0 Å². The van der Waals surface area contributed by atoms with Gasteiger partial charge in [-0.05, 0) is 13.3 Å². The van der Waals surface area contributed by atoms with Crippen molar-refractivity contribution in [2.45, 2.75) is 51.1 Å². The first-order chi connectivity index (χ1) is 5.15. The highest BCUT2D eigenvalue weighted by molar-refractivity contribution is 4.82. The number of hydrogen-bond acceptors (Lipinski definition) is 3. The van der Waals surface area contributed by atoms with E-state index in [9.17, 15) is 10.2 Å². The molecule has 2 N–H and O–H groups in total. The topological polar surface area (TPSA) is 49.7 Å². The van der Waals surface area contributed by atoms with Crippen molar-refractivity contribution in [3.63, 3.8) is 0 Å². The summed E-state index contributed by atoms with van der Waals surface area (Å²) in [6, 6.07) is 0. The smallest absolute Gasteiger partial charge is 0.106 e. The van der Waals surface area contributed by atoms with Crippen molar-refractivity contribution in [2.24, 2.45) is 0 Å². The second-order valence-electron chi connectivity index (χ2n) is 3.17. The van der Waals surface area contributed by atoms with Crippen LogP contribution in [-0.4, -0.2) is 34.6 Å². The molecule has 0 aromatic rings. The van der Waals surface area contributed by atoms with E-state index in [0.717, 1.165) is 6.42 Å². The number of aliphatic hydroxyl groups is 2. The lowest BCUT2D eigenvalue weighted by molar-refractivity contribution is -0.161. The summed E-state index contributed by atoms with van der Waals surface area (Å²) >= 11 is 0. The van der Waals surface area contributed by atoms with Crippen LogP contribution in [0.25, 0.3) is 0 Å². The van der Waals surface area contributed by atoms with Crippen LogP contribution in [0.1, 0.15) is 26.7 Å². The van der Waals surface area contributed by atoms with Gasteiger partial charge in [-0.3, -0.25) is 0 Å². The summed E-state index contributed by atoms with van der Waals surface area (Å²) in [5, 5.41) is 18.6. The van der Waals surface area contributed by atoms with E-state index in [1.54, 1.807) is 6.92 Å². The van der Waals surface area contributed by atoms with E-state index >= 15 is 0 Å². The van der Waals surface area contributed by atoms with E-state index in [1.807, 2.05) is 6.92 Å². The van der Waals surface area contributed by atoms with Crippen molar-refractivity contribution in [3.05, 3.63) is 0 Å². The minimum absolute atomic E-state index is 0.114. The van der Waals surface area contributed by atoms with Gasteiger partial charge >= 0.3 is 0 Å². The van der Waals surface area contributed by atoms with Gasteiger partial charge in [-0.2, -0.15) is 0 Å². The van der Waals surface area contributed by atoms with Crippen molar-refractivity contribution in [1.29, 1.82) is 0 Å². The average Bonchev–Trinajstić information content (AvgIpc) is 1.99. The number of rotatable bonds is 1. The van der Waals surface area contributed by atoms with Gasteiger partial charge in [0.05, 0.1) is 18.3 Å². The predicted molar refractivity (Wildman–Crippen MR) is 41.3 cm³/mol. The zero-order valence-corrected chi connectivity index (χ0v) is 7.03. The lowest BCUT2D eigenvalue weighted by Gasteiger charge is -2.35. The molecule has 0 bridgehead atoms. The van der Waals surface area contributed by atoms with Crippen LogP contribution in [0.4, 0.5) is 0 Å². The molecule has 1 saturated heterocycles. The first-order valence-corrected chi connectivity index (χ1v) is 4.16. The molecule has 0 radical (unpaired) electrons. The highest BCUT2D eigenvalue weighted by Gasteiger charge is 2.32. The molecule has 66 valence electrons. The van der Waals surface area contributed by atoms with E-state index < -0.39 is 12.2 Å². The van der Waals surface area contributed by atoms with Gasteiger partial charge in [0.15, 0.2) is 0 Å². The quantitative estimate of drug-likeness (QED) is 0.580. The molecule has 11 heavy (non-hydrogen) atoms. The molecule has 3 nitrogen and oxygen atoms in total. The first kappa shape index (κ1) is 8.97. The van der Waals surface area contributed by atoms with Gasteiger partial charge < -0.3 is 14.9 Å². The van der Waals surface area contributed by atoms with Crippen molar-refractivity contribution < 1.29 is 14.9 Å². The van der Waals surface area contributed by atoms with E-state index in [0.29, 0.717) is 6.42 Å². The van der Waals surface area contributed by atoms with Crippen molar-refractivity contribution in [1.82, 2.24) is 0 Å². The summed E-state index contributed by atoms with van der Waals surface area (Å²) in [5.74, 6) is 0. The zero-order valence-electron chi connectivity index (χ0n) is 7.03. The third kappa shape index (κ3) is 1.92. The van der Waals surface area contributed by atoms with Gasteiger partial charge in [0.25, 0.3) is 0 Å². The Morgan fingerprint density at radius 3 is 2.55 bits per heavy atom. The lowest BCUT2D eigenvalue weighted by atomic mass is 9.98. The van der Waals surface area contributed by atoms with Crippen molar-refractivity contribution >= 4 is 0 Å². The third-order valence-electron chi connectivity index (χ3n) is 2.24. The molecule has 0 spiro atoms. The Bertz CT molecular complexity index is 115. The number of hydrogen-bond donors (Lipinski definition) is 2. The standard InChI is InChI=1S/C8H16O3/c1-3-6-4-7(9)8(10)5(2)11-6/h5-10H,3-4H2,1-2H3. The van der Waals surface area contributed by atoms with Crippen molar-refractivity contribution in [2.75, 3.05) is 0 Å². The fourth-order valence-electron chi connectivity index (χ4n) is 1.42. The summed E-state index contributed by atoms with van der Waals surface area (Å²) < 4.78 is 5.41. The van der Waals surface area contributed by atoms with Crippen LogP contribution in [0.3, 0.4) is 0 Å². The van der Waals surface area contributed by atoms with Crippen LogP contribution in [0.5, 0.6) is 0 Å². The largest absolute Gasteiger partial charge is 0.390 e. The Morgan fingerprint density at radius 1 is 1.45 bits per heavy atom. The summed E-state index contributed by atoms with van der Waals surface area (Å²) in [5.41, 5.74) is 0. The number of ether oxygens (including phenoxy) is 1. The first-order valence-electron chi connectivity index (χ1n) is 4.16. The Hall–Kier alpha value is -0.120. The minimum atomic E-state index is -0.710. The maximum absolute atomic E-state index is 9.32. The molecule has 1 aliphatic heterocycles. The molecule has 0 amide bonds. The summed E-state index contributed by atoms with van der Waals surface area (Å²) in [7, 11) is 0. The van der Waals surface area contributed by atoms with Crippen LogP contribution in [0, 0.1) is 0 Å². The molecule has 4 unspecified atom stereocenters. The molecule has 4 atom stereocenters. The molecule has 1 rings (SSSR count). The molecule has 1 fully saturated rings. The second kappa shape index (κ2) is 3.52. The van der Waals surface area contributed by atoms with Crippen LogP contribution >= 0.6 is 0 Å². The summed E-state index contributed by atoms with van der Waals surface area (Å²) in [4.78, 5) is 0. The van der Waals surface area contributed by atoms with Crippen LogP contribution < -0.4 is 0 Å². The molecular weight excluding hydrogens is 144 g/mol. The van der Waals surface area contributed by atoms with Crippen LogP contribution in [0.2, 0.25) is 0 Å². The third-order valence-corrected chi connectivity index (χ3v) is 2.24. The predicted octanol–water partition coefficient (Wildman–Crippen LogP) is 0.296. The minimum Gasteiger partial charge on any atom is -0.390 e. The van der Waals surface area contributed by atoms with Gasteiger partial charge in [0.2, 0.25) is 0 Å². The second-order valence-corrected chi connectivity index (χ2v) is 3.17. The van der Waals surface area contributed by atoms with Gasteiger partial charge in [-0.25, -0.2) is 0 Å². The highest BCUT2D eigenvalue weighted by atomic mass is 16.5. The highest BCUT2D eigenvalue weighted by Crippen LogP contribution is 2.21. The fourth-order valence-corrected chi connectivity index (χ4v) is 1.42. The van der Waals surface area contributed by atoms with Gasteiger partial charge in [0, 0.05) is 6.42 Å². The Kier molecular flexibility index (Phi) is 2.87. The molecule has 1 aliphatic rings. The van der Waals surface area contributed by atoms with Crippen LogP contribution in [0.15, 0.2) is 0 Å². The van der Waals surface area contributed by atoms with E-state index in [4.69, 9.17) is 4.74 Å². The maximum Gasteiger partial charge on any atom is 0.106 e. The van der Waals surface area contributed by atoms with E-state index in [2.05, 4.69) is 0 Å². The fraction of sp³-hybridized carbons (Fsp3) is 1.00. The Balaban J connectivity index is 2.47. The zero-order chi connectivity index (χ0) is 8.43. The molecule has 0 saturated carbocycles. The molecular formula is C8H16O3. The lowest BCUT2D eigenvalue weighted by Crippen LogP contribution is -2.46. The van der Waals surface area contributed by atoms with Gasteiger partial charge in [0.1, 0.15) is 6.10 Å². The van der Waals surface area contributed by atoms with Crippen LogP contribution in [-0.2, 0) is 4.74 Å². The average molecular weight is 160 g/mol. The monoisotopic (exact) mass is 160 g/mol. The molecule has 0 aromatic carbocycles. The van der Waals surface area contributed by atoms with E-state index in [1.165, 1.54) is 0 Å². The number of aliphatic hydroxyl groups excluding tert-OH is 2. The van der Waals surface area contributed by atoms with Gasteiger partial charge in [-0.1, -0.05) is 6.92 Å². The normalized spacial score (nSPS) is 45.8. The van der Waals surface area contributed by atoms with Gasteiger partial charge in [-0.15, -0.1) is 0 Å². The Morgan fingerprint density at radius 2 is 2.09 bits per heavy atom. The maximum atomic E-state index is 9.32. The van der Waals surface area contributed by atoms with Crippen molar-refractivity contribution in [3.8, 4) is 0 Å². The molecule has 0 aliphatic carbocycles. The molecule has 0 aromatic heterocycles. The summed E-state index contributed by atoms with van der Waals surface area (Å²) in [6.45, 7) is 3.80.